The lowest BCUT2D eigenvalue weighted by molar-refractivity contribution is 0.0666. The van der Waals surface area contributed by atoms with Gasteiger partial charge in [-0.05, 0) is 61.9 Å². The first-order chi connectivity index (χ1) is 9.62. The van der Waals surface area contributed by atoms with Crippen LogP contribution in [0.1, 0.15) is 85.0 Å². The fourth-order valence-electron chi connectivity index (χ4n) is 4.71. The molecule has 118 valence electrons. The second-order valence-corrected chi connectivity index (χ2v) is 8.29. The van der Waals surface area contributed by atoms with Gasteiger partial charge in [0, 0.05) is 0 Å². The predicted molar refractivity (Wildman–Crippen MR) is 89.0 cm³/mol. The fourth-order valence-corrected chi connectivity index (χ4v) is 4.71. The van der Waals surface area contributed by atoms with Gasteiger partial charge < -0.3 is 5.32 Å². The van der Waals surface area contributed by atoms with Gasteiger partial charge in [0.1, 0.15) is 0 Å². The van der Waals surface area contributed by atoms with Gasteiger partial charge in [0.25, 0.3) is 0 Å². The van der Waals surface area contributed by atoms with E-state index < -0.39 is 0 Å². The highest BCUT2D eigenvalue weighted by atomic mass is 14.9. The van der Waals surface area contributed by atoms with Crippen molar-refractivity contribution in [2.45, 2.75) is 85.0 Å². The molecule has 0 radical (unpaired) electrons. The van der Waals surface area contributed by atoms with E-state index >= 15 is 0 Å². The molecule has 2 aliphatic carbocycles. The summed E-state index contributed by atoms with van der Waals surface area (Å²) in [7, 11) is 0. The Morgan fingerprint density at radius 1 is 1.00 bits per heavy atom. The molecule has 2 atom stereocenters. The second-order valence-electron chi connectivity index (χ2n) is 8.29. The van der Waals surface area contributed by atoms with Gasteiger partial charge in [-0.3, -0.25) is 0 Å². The van der Waals surface area contributed by atoms with Crippen LogP contribution in [0.4, 0.5) is 0 Å². The fraction of sp³-hybridized carbons (Fsp3) is 1.00. The lowest BCUT2D eigenvalue weighted by atomic mass is 9.62. The van der Waals surface area contributed by atoms with Crippen molar-refractivity contribution in [3.05, 3.63) is 0 Å². The van der Waals surface area contributed by atoms with Crippen LogP contribution in [0.2, 0.25) is 0 Å². The van der Waals surface area contributed by atoms with Crippen LogP contribution >= 0.6 is 0 Å². The average molecular weight is 280 g/mol. The summed E-state index contributed by atoms with van der Waals surface area (Å²) in [5.74, 6) is 2.99. The zero-order chi connectivity index (χ0) is 14.4. The highest BCUT2D eigenvalue weighted by Crippen LogP contribution is 2.47. The first kappa shape index (κ1) is 16.3. The second kappa shape index (κ2) is 7.82. The summed E-state index contributed by atoms with van der Waals surface area (Å²) in [6, 6.07) is 0. The van der Waals surface area contributed by atoms with Crippen molar-refractivity contribution in [1.82, 2.24) is 5.32 Å². The zero-order valence-electron chi connectivity index (χ0n) is 14.2. The highest BCUT2D eigenvalue weighted by molar-refractivity contribution is 4.89. The molecule has 0 spiro atoms. The summed E-state index contributed by atoms with van der Waals surface area (Å²) in [5.41, 5.74) is 0.595. The molecule has 1 heteroatoms. The van der Waals surface area contributed by atoms with Crippen molar-refractivity contribution in [2.24, 2.45) is 23.2 Å². The summed E-state index contributed by atoms with van der Waals surface area (Å²) in [4.78, 5) is 0. The summed E-state index contributed by atoms with van der Waals surface area (Å²) in [6.45, 7) is 9.78. The van der Waals surface area contributed by atoms with Crippen LogP contribution in [-0.2, 0) is 0 Å². The Kier molecular flexibility index (Phi) is 6.39. The van der Waals surface area contributed by atoms with E-state index in [-0.39, 0.29) is 0 Å². The third-order valence-electron chi connectivity index (χ3n) is 5.92. The van der Waals surface area contributed by atoms with Crippen LogP contribution in [0.15, 0.2) is 0 Å². The first-order valence-corrected chi connectivity index (χ1v) is 9.33. The highest BCUT2D eigenvalue weighted by Gasteiger charge is 2.38. The Hall–Kier alpha value is -0.0400. The Morgan fingerprint density at radius 3 is 2.35 bits per heavy atom. The van der Waals surface area contributed by atoms with Crippen molar-refractivity contribution >= 4 is 0 Å². The minimum absolute atomic E-state index is 0.595. The predicted octanol–water partition coefficient (Wildman–Crippen LogP) is 5.40. The smallest absolute Gasteiger partial charge is 0.00178 e. The zero-order valence-corrected chi connectivity index (χ0v) is 14.2. The topological polar surface area (TPSA) is 12.0 Å². The molecule has 0 aromatic carbocycles. The van der Waals surface area contributed by atoms with Gasteiger partial charge in [-0.1, -0.05) is 59.3 Å². The number of hydrogen-bond acceptors (Lipinski definition) is 1. The molecular formula is C19H37N. The minimum Gasteiger partial charge on any atom is -0.316 e. The van der Waals surface area contributed by atoms with Gasteiger partial charge in [-0.2, -0.15) is 0 Å². The molecule has 0 heterocycles. The minimum atomic E-state index is 0.595. The molecule has 0 saturated heterocycles. The Labute approximate surface area is 127 Å². The third kappa shape index (κ3) is 4.76. The molecule has 20 heavy (non-hydrogen) atoms. The Morgan fingerprint density at radius 2 is 1.70 bits per heavy atom. The molecule has 2 aliphatic rings. The quantitative estimate of drug-likeness (QED) is 0.525. The van der Waals surface area contributed by atoms with Gasteiger partial charge in [0.05, 0.1) is 0 Å². The van der Waals surface area contributed by atoms with E-state index in [0.717, 1.165) is 17.8 Å². The van der Waals surface area contributed by atoms with E-state index in [1.807, 2.05) is 0 Å². The summed E-state index contributed by atoms with van der Waals surface area (Å²) >= 11 is 0. The van der Waals surface area contributed by atoms with Crippen molar-refractivity contribution in [3.8, 4) is 0 Å². The average Bonchev–Trinajstić information content (AvgIpc) is 2.69. The normalized spacial score (nSPS) is 31.9. The number of rotatable bonds is 5. The SMILES string of the molecule is CCCNCC1CCC(C)(C)CC1C1CCCCCC1. The molecule has 1 nitrogen and oxygen atoms in total. The van der Waals surface area contributed by atoms with Gasteiger partial charge in [0.15, 0.2) is 0 Å². The first-order valence-electron chi connectivity index (χ1n) is 9.33. The van der Waals surface area contributed by atoms with E-state index in [1.165, 1.54) is 77.3 Å². The van der Waals surface area contributed by atoms with Gasteiger partial charge in [-0.25, -0.2) is 0 Å². The molecule has 2 saturated carbocycles. The van der Waals surface area contributed by atoms with Gasteiger partial charge in [0.2, 0.25) is 0 Å². The largest absolute Gasteiger partial charge is 0.316 e. The van der Waals surface area contributed by atoms with Gasteiger partial charge >= 0.3 is 0 Å². The van der Waals surface area contributed by atoms with Crippen LogP contribution in [-0.4, -0.2) is 13.1 Å². The lowest BCUT2D eigenvalue weighted by Gasteiger charge is -2.44. The van der Waals surface area contributed by atoms with Gasteiger partial charge in [-0.15, -0.1) is 0 Å². The summed E-state index contributed by atoms with van der Waals surface area (Å²) in [6.07, 6.45) is 14.7. The van der Waals surface area contributed by atoms with Crippen LogP contribution in [0, 0.1) is 23.2 Å². The summed E-state index contributed by atoms with van der Waals surface area (Å²) in [5, 5.41) is 3.72. The van der Waals surface area contributed by atoms with Crippen LogP contribution in [0.3, 0.4) is 0 Å². The molecule has 0 aromatic rings. The molecule has 2 rings (SSSR count). The molecule has 0 bridgehead atoms. The number of nitrogens with one attached hydrogen (secondary N) is 1. The molecule has 2 fully saturated rings. The monoisotopic (exact) mass is 279 g/mol. The van der Waals surface area contributed by atoms with Crippen molar-refractivity contribution in [2.75, 3.05) is 13.1 Å². The van der Waals surface area contributed by atoms with E-state index in [9.17, 15) is 0 Å². The summed E-state index contributed by atoms with van der Waals surface area (Å²) < 4.78 is 0. The maximum atomic E-state index is 3.72. The van der Waals surface area contributed by atoms with E-state index in [4.69, 9.17) is 0 Å². The lowest BCUT2D eigenvalue weighted by Crippen LogP contribution is -2.39. The van der Waals surface area contributed by atoms with Crippen LogP contribution in [0.25, 0.3) is 0 Å². The number of hydrogen-bond donors (Lipinski definition) is 1. The van der Waals surface area contributed by atoms with Crippen LogP contribution < -0.4 is 5.32 Å². The third-order valence-corrected chi connectivity index (χ3v) is 5.92. The van der Waals surface area contributed by atoms with E-state index in [0.29, 0.717) is 5.41 Å². The molecule has 0 aromatic heterocycles. The standard InChI is InChI=1S/C19H37N/c1-4-13-20-15-17-11-12-19(2,3)14-18(17)16-9-7-5-6-8-10-16/h16-18,20H,4-15H2,1-3H3. The maximum absolute atomic E-state index is 3.72. The Bertz CT molecular complexity index is 263. The molecule has 0 amide bonds. The van der Waals surface area contributed by atoms with Crippen molar-refractivity contribution in [3.63, 3.8) is 0 Å². The molecule has 2 unspecified atom stereocenters. The Balaban J connectivity index is 1.96. The van der Waals surface area contributed by atoms with E-state index in [1.54, 1.807) is 0 Å². The molecule has 0 aliphatic heterocycles. The van der Waals surface area contributed by atoms with Crippen molar-refractivity contribution < 1.29 is 0 Å². The van der Waals surface area contributed by atoms with E-state index in [2.05, 4.69) is 26.1 Å². The van der Waals surface area contributed by atoms with Crippen LogP contribution in [0.5, 0.6) is 0 Å². The maximum Gasteiger partial charge on any atom is -0.00178 e. The van der Waals surface area contributed by atoms with Crippen molar-refractivity contribution in [1.29, 1.82) is 0 Å². The molecular weight excluding hydrogens is 242 g/mol. The molecule has 1 N–H and O–H groups in total.